The number of alkyl halides is 1. The van der Waals surface area contributed by atoms with Crippen LogP contribution >= 0.6 is 23.2 Å². The van der Waals surface area contributed by atoms with Crippen molar-refractivity contribution in [3.8, 4) is 0 Å². The summed E-state index contributed by atoms with van der Waals surface area (Å²) in [7, 11) is -3.84. The van der Waals surface area contributed by atoms with Crippen LogP contribution in [0.1, 0.15) is 24.8 Å². The van der Waals surface area contributed by atoms with Crippen LogP contribution in [0, 0.1) is 11.7 Å². The molecule has 1 aromatic rings. The summed E-state index contributed by atoms with van der Waals surface area (Å²) >= 11 is 11.5. The molecule has 2 aliphatic rings. The van der Waals surface area contributed by atoms with Gasteiger partial charge in [0.2, 0.25) is 10.0 Å². The minimum Gasteiger partial charge on any atom is -0.207 e. The largest absolute Gasteiger partial charge is 0.246 e. The van der Waals surface area contributed by atoms with Crippen LogP contribution in [0.25, 0.3) is 0 Å². The predicted octanol–water partition coefficient (Wildman–Crippen LogP) is 3.39. The lowest BCUT2D eigenvalue weighted by Gasteiger charge is -2.26. The van der Waals surface area contributed by atoms with Crippen LogP contribution < -0.4 is 0 Å². The molecule has 1 aromatic carbocycles. The predicted molar refractivity (Wildman–Crippen MR) is 76.0 cm³/mol. The van der Waals surface area contributed by atoms with Crippen molar-refractivity contribution in [3.05, 3.63) is 28.5 Å². The molecule has 3 nitrogen and oxygen atoms in total. The number of nitrogens with zero attached hydrogens (tertiary/aromatic N) is 1. The topological polar surface area (TPSA) is 37.4 Å². The van der Waals surface area contributed by atoms with Crippen LogP contribution in [0.3, 0.4) is 0 Å². The molecule has 110 valence electrons. The Bertz CT molecular complexity index is 650. The average molecular weight is 338 g/mol. The lowest BCUT2D eigenvalue weighted by atomic mass is 10.1. The molecule has 20 heavy (non-hydrogen) atoms. The maximum absolute atomic E-state index is 14.3. The fraction of sp³-hybridized carbons (Fsp3) is 0.538. The van der Waals surface area contributed by atoms with Gasteiger partial charge in [0, 0.05) is 23.2 Å². The van der Waals surface area contributed by atoms with E-state index in [0.717, 1.165) is 19.3 Å². The molecule has 0 N–H and O–H groups in total. The van der Waals surface area contributed by atoms with Gasteiger partial charge in [0.1, 0.15) is 10.7 Å². The van der Waals surface area contributed by atoms with Gasteiger partial charge in [-0.1, -0.05) is 11.6 Å². The Morgan fingerprint density at radius 1 is 1.35 bits per heavy atom. The summed E-state index contributed by atoms with van der Waals surface area (Å²) in [4.78, 5) is -0.354. The molecule has 0 spiro atoms. The van der Waals surface area contributed by atoms with E-state index in [0.29, 0.717) is 12.5 Å². The van der Waals surface area contributed by atoms with Crippen molar-refractivity contribution in [2.75, 3.05) is 6.54 Å². The Labute approximate surface area is 127 Å². The number of fused-ring (bicyclic) bond motifs is 2. The molecule has 0 amide bonds. The zero-order valence-electron chi connectivity index (χ0n) is 10.7. The Hall–Kier alpha value is -0.360. The summed E-state index contributed by atoms with van der Waals surface area (Å²) in [6.45, 7) is 0.481. The fourth-order valence-electron chi connectivity index (χ4n) is 3.20. The zero-order valence-corrected chi connectivity index (χ0v) is 13.0. The van der Waals surface area contributed by atoms with Crippen molar-refractivity contribution < 1.29 is 12.8 Å². The maximum Gasteiger partial charge on any atom is 0.246 e. The van der Waals surface area contributed by atoms with E-state index in [1.807, 2.05) is 0 Å². The fourth-order valence-corrected chi connectivity index (χ4v) is 5.58. The summed E-state index contributed by atoms with van der Waals surface area (Å²) in [5.74, 6) is -0.488. The quantitative estimate of drug-likeness (QED) is 0.793. The smallest absolute Gasteiger partial charge is 0.207 e. The van der Waals surface area contributed by atoms with Gasteiger partial charge in [0.05, 0.1) is 5.88 Å². The van der Waals surface area contributed by atoms with Gasteiger partial charge in [-0.3, -0.25) is 0 Å². The van der Waals surface area contributed by atoms with E-state index >= 15 is 0 Å². The molecule has 1 saturated heterocycles. The Morgan fingerprint density at radius 3 is 2.65 bits per heavy atom. The lowest BCUT2D eigenvalue weighted by molar-refractivity contribution is 0.332. The number of hydrogen-bond acceptors (Lipinski definition) is 2. The van der Waals surface area contributed by atoms with Crippen LogP contribution in [-0.2, 0) is 15.9 Å². The summed E-state index contributed by atoms with van der Waals surface area (Å²) in [5.41, 5.74) is 0.113. The number of rotatable bonds is 3. The minimum atomic E-state index is -3.84. The first-order valence-corrected chi connectivity index (χ1v) is 8.84. The van der Waals surface area contributed by atoms with Crippen molar-refractivity contribution in [1.82, 2.24) is 4.31 Å². The lowest BCUT2D eigenvalue weighted by Crippen LogP contribution is -2.38. The molecule has 1 heterocycles. The standard InChI is InChI=1S/C13H14Cl2FNO2S/c14-6-9-4-10(15)5-12(13(9)16)20(18,19)17-7-8-1-2-11(17)3-8/h4-5,8,11H,1-3,6-7H2. The average Bonchev–Trinajstić information content (AvgIpc) is 3.03. The highest BCUT2D eigenvalue weighted by Gasteiger charge is 2.45. The van der Waals surface area contributed by atoms with Crippen molar-refractivity contribution >= 4 is 33.2 Å². The number of hydrogen-bond donors (Lipinski definition) is 0. The van der Waals surface area contributed by atoms with Crippen molar-refractivity contribution in [1.29, 1.82) is 0 Å². The number of piperidine rings is 1. The maximum atomic E-state index is 14.3. The normalized spacial score (nSPS) is 26.4. The van der Waals surface area contributed by atoms with Crippen LogP contribution in [0.4, 0.5) is 4.39 Å². The van der Waals surface area contributed by atoms with E-state index in [4.69, 9.17) is 23.2 Å². The molecule has 1 aliphatic heterocycles. The van der Waals surface area contributed by atoms with Crippen LogP contribution in [0.15, 0.2) is 17.0 Å². The molecule has 1 saturated carbocycles. The van der Waals surface area contributed by atoms with Gasteiger partial charge >= 0.3 is 0 Å². The van der Waals surface area contributed by atoms with Gasteiger partial charge in [-0.05, 0) is 37.3 Å². The van der Waals surface area contributed by atoms with Gasteiger partial charge in [-0.25, -0.2) is 12.8 Å². The molecule has 2 fully saturated rings. The Kier molecular flexibility index (Phi) is 3.73. The Balaban J connectivity index is 2.06. The molecular formula is C13H14Cl2FNO2S. The van der Waals surface area contributed by atoms with Gasteiger partial charge in [0.25, 0.3) is 0 Å². The first-order valence-electron chi connectivity index (χ1n) is 6.49. The third-order valence-corrected chi connectivity index (χ3v) is 6.59. The molecule has 3 rings (SSSR count). The second-order valence-electron chi connectivity index (χ2n) is 5.42. The molecular weight excluding hydrogens is 324 g/mol. The van der Waals surface area contributed by atoms with Crippen molar-refractivity contribution in [2.45, 2.75) is 36.1 Å². The molecule has 0 radical (unpaired) electrons. The molecule has 2 bridgehead atoms. The molecule has 1 aliphatic carbocycles. The summed E-state index contributed by atoms with van der Waals surface area (Å²) in [5, 5.41) is 0.185. The molecule has 7 heteroatoms. The van der Waals surface area contributed by atoms with Crippen LogP contribution in [0.5, 0.6) is 0 Å². The highest BCUT2D eigenvalue weighted by molar-refractivity contribution is 7.89. The summed E-state index contributed by atoms with van der Waals surface area (Å²) in [6, 6.07) is 2.54. The molecule has 2 unspecified atom stereocenters. The van der Waals surface area contributed by atoms with Crippen molar-refractivity contribution in [2.24, 2.45) is 5.92 Å². The summed E-state index contributed by atoms with van der Waals surface area (Å²) in [6.07, 6.45) is 2.79. The first-order chi connectivity index (χ1) is 9.43. The first kappa shape index (κ1) is 14.6. The number of halogens is 3. The van der Waals surface area contributed by atoms with E-state index in [9.17, 15) is 12.8 Å². The highest BCUT2D eigenvalue weighted by Crippen LogP contribution is 2.41. The zero-order chi connectivity index (χ0) is 14.5. The van der Waals surface area contributed by atoms with Crippen molar-refractivity contribution in [3.63, 3.8) is 0 Å². The third kappa shape index (κ3) is 2.25. The van der Waals surface area contributed by atoms with Gasteiger partial charge in [-0.15, -0.1) is 11.6 Å². The Morgan fingerprint density at radius 2 is 2.10 bits per heavy atom. The third-order valence-electron chi connectivity index (χ3n) is 4.17. The van der Waals surface area contributed by atoms with E-state index in [1.165, 1.54) is 16.4 Å². The number of sulfonamides is 1. The molecule has 0 aromatic heterocycles. The van der Waals surface area contributed by atoms with Crippen LogP contribution in [0.2, 0.25) is 5.02 Å². The van der Waals surface area contributed by atoms with Crippen LogP contribution in [-0.4, -0.2) is 25.3 Å². The monoisotopic (exact) mass is 337 g/mol. The SMILES string of the molecule is O=S(=O)(c1cc(Cl)cc(CCl)c1F)N1CC2CCC1C2. The van der Waals surface area contributed by atoms with Gasteiger partial charge < -0.3 is 0 Å². The summed E-state index contributed by atoms with van der Waals surface area (Å²) < 4.78 is 41.0. The highest BCUT2D eigenvalue weighted by atomic mass is 35.5. The minimum absolute atomic E-state index is 0.00262. The second kappa shape index (κ2) is 5.13. The molecule has 2 atom stereocenters. The number of benzene rings is 1. The van der Waals surface area contributed by atoms with E-state index in [2.05, 4.69) is 0 Å². The van der Waals surface area contributed by atoms with E-state index in [-0.39, 0.29) is 27.4 Å². The van der Waals surface area contributed by atoms with Gasteiger partial charge in [0.15, 0.2) is 0 Å². The van der Waals surface area contributed by atoms with E-state index in [1.54, 1.807) is 0 Å². The second-order valence-corrected chi connectivity index (χ2v) is 7.98. The van der Waals surface area contributed by atoms with E-state index < -0.39 is 15.8 Å². The van der Waals surface area contributed by atoms with Gasteiger partial charge in [-0.2, -0.15) is 4.31 Å².